The van der Waals surface area contributed by atoms with Crippen molar-refractivity contribution in [2.45, 2.75) is 6.42 Å². The Morgan fingerprint density at radius 2 is 1.90 bits per heavy atom. The largest absolute Gasteiger partial charge is 0.356 e. The van der Waals surface area contributed by atoms with Gasteiger partial charge in [-0.2, -0.15) is 0 Å². The first kappa shape index (κ1) is 12.3. The SMILES string of the molecule is Brc1ccc(-c2csc3ncnc(N4CCC4)c23)cc1. The number of rotatable bonds is 2. The zero-order chi connectivity index (χ0) is 13.5. The normalized spacial score (nSPS) is 14.6. The van der Waals surface area contributed by atoms with Crippen molar-refractivity contribution in [2.24, 2.45) is 0 Å². The van der Waals surface area contributed by atoms with E-state index in [2.05, 4.69) is 60.4 Å². The molecule has 20 heavy (non-hydrogen) atoms. The van der Waals surface area contributed by atoms with E-state index in [4.69, 9.17) is 0 Å². The van der Waals surface area contributed by atoms with Crippen LogP contribution < -0.4 is 4.90 Å². The van der Waals surface area contributed by atoms with Gasteiger partial charge in [-0.15, -0.1) is 11.3 Å². The average Bonchev–Trinajstić information content (AvgIpc) is 2.83. The van der Waals surface area contributed by atoms with Crippen LogP contribution in [0.15, 0.2) is 40.4 Å². The highest BCUT2D eigenvalue weighted by molar-refractivity contribution is 9.10. The van der Waals surface area contributed by atoms with E-state index >= 15 is 0 Å². The number of hydrogen-bond donors (Lipinski definition) is 0. The second-order valence-electron chi connectivity index (χ2n) is 4.87. The topological polar surface area (TPSA) is 29.0 Å². The molecule has 0 unspecified atom stereocenters. The summed E-state index contributed by atoms with van der Waals surface area (Å²) >= 11 is 5.18. The van der Waals surface area contributed by atoms with E-state index in [-0.39, 0.29) is 0 Å². The maximum absolute atomic E-state index is 4.52. The molecule has 0 saturated carbocycles. The number of halogens is 1. The van der Waals surface area contributed by atoms with Crippen molar-refractivity contribution in [3.8, 4) is 11.1 Å². The summed E-state index contributed by atoms with van der Waals surface area (Å²) in [7, 11) is 0. The molecule has 1 aliphatic rings. The molecule has 0 aliphatic carbocycles. The van der Waals surface area contributed by atoms with Crippen molar-refractivity contribution < 1.29 is 0 Å². The molecule has 1 fully saturated rings. The Bertz CT molecular complexity index is 762. The molecule has 3 heterocycles. The Balaban J connectivity index is 1.93. The smallest absolute Gasteiger partial charge is 0.141 e. The summed E-state index contributed by atoms with van der Waals surface area (Å²) in [5, 5.41) is 3.38. The zero-order valence-electron chi connectivity index (χ0n) is 10.7. The lowest BCUT2D eigenvalue weighted by atomic mass is 10.1. The van der Waals surface area contributed by atoms with E-state index in [1.165, 1.54) is 22.9 Å². The van der Waals surface area contributed by atoms with Crippen LogP contribution in [0.5, 0.6) is 0 Å². The van der Waals surface area contributed by atoms with Crippen LogP contribution >= 0.6 is 27.3 Å². The Hall–Kier alpha value is -1.46. The molecule has 3 nitrogen and oxygen atoms in total. The lowest BCUT2D eigenvalue weighted by molar-refractivity contribution is 0.612. The summed E-state index contributed by atoms with van der Waals surface area (Å²) < 4.78 is 1.10. The van der Waals surface area contributed by atoms with E-state index in [0.717, 1.165) is 28.2 Å². The van der Waals surface area contributed by atoms with E-state index in [1.54, 1.807) is 17.7 Å². The van der Waals surface area contributed by atoms with Crippen LogP contribution in [0, 0.1) is 0 Å². The van der Waals surface area contributed by atoms with Gasteiger partial charge in [-0.1, -0.05) is 28.1 Å². The fourth-order valence-electron chi connectivity index (χ4n) is 2.47. The average molecular weight is 346 g/mol. The lowest BCUT2D eigenvalue weighted by Gasteiger charge is -2.32. The number of benzene rings is 1. The Morgan fingerprint density at radius 3 is 2.60 bits per heavy atom. The van der Waals surface area contributed by atoms with Gasteiger partial charge in [-0.25, -0.2) is 9.97 Å². The Labute approximate surface area is 129 Å². The third-order valence-corrected chi connectivity index (χ3v) is 5.08. The fraction of sp³-hybridized carbons (Fsp3) is 0.200. The molecule has 1 aliphatic heterocycles. The van der Waals surface area contributed by atoms with Crippen molar-refractivity contribution in [2.75, 3.05) is 18.0 Å². The van der Waals surface area contributed by atoms with Gasteiger partial charge in [-0.3, -0.25) is 0 Å². The standard InChI is InChI=1S/C15H12BrN3S/c16-11-4-2-10(3-5-11)12-8-20-15-13(12)14(17-9-18-15)19-6-1-7-19/h2-5,8-9H,1,6-7H2. The van der Waals surface area contributed by atoms with Gasteiger partial charge in [0.1, 0.15) is 17.0 Å². The molecule has 0 bridgehead atoms. The molecule has 0 amide bonds. The number of aromatic nitrogens is 2. The molecule has 2 aromatic heterocycles. The van der Waals surface area contributed by atoms with Gasteiger partial charge in [0.25, 0.3) is 0 Å². The molecule has 4 rings (SSSR count). The molecule has 1 aromatic carbocycles. The molecular formula is C15H12BrN3S. The predicted molar refractivity (Wildman–Crippen MR) is 87.4 cm³/mol. The lowest BCUT2D eigenvalue weighted by Crippen LogP contribution is -2.37. The second-order valence-corrected chi connectivity index (χ2v) is 6.65. The van der Waals surface area contributed by atoms with Gasteiger partial charge in [0.15, 0.2) is 0 Å². The van der Waals surface area contributed by atoms with Gasteiger partial charge in [-0.05, 0) is 24.1 Å². The van der Waals surface area contributed by atoms with E-state index in [1.807, 2.05) is 0 Å². The van der Waals surface area contributed by atoms with E-state index in [9.17, 15) is 0 Å². The maximum Gasteiger partial charge on any atom is 0.141 e. The molecule has 0 atom stereocenters. The fourth-order valence-corrected chi connectivity index (χ4v) is 3.64. The number of nitrogens with zero attached hydrogens (tertiary/aromatic N) is 3. The van der Waals surface area contributed by atoms with Gasteiger partial charge in [0.2, 0.25) is 0 Å². The molecule has 0 spiro atoms. The monoisotopic (exact) mass is 345 g/mol. The van der Waals surface area contributed by atoms with Gasteiger partial charge >= 0.3 is 0 Å². The summed E-state index contributed by atoms with van der Waals surface area (Å²) in [5.74, 6) is 1.08. The van der Waals surface area contributed by atoms with Crippen LogP contribution in [0.4, 0.5) is 5.82 Å². The highest BCUT2D eigenvalue weighted by atomic mass is 79.9. The molecule has 0 N–H and O–H groups in total. The van der Waals surface area contributed by atoms with Crippen molar-refractivity contribution in [3.05, 3.63) is 40.4 Å². The number of fused-ring (bicyclic) bond motifs is 1. The van der Waals surface area contributed by atoms with Crippen LogP contribution in [-0.4, -0.2) is 23.1 Å². The second kappa shape index (κ2) is 4.82. The first-order valence-corrected chi connectivity index (χ1v) is 8.23. The van der Waals surface area contributed by atoms with Gasteiger partial charge in [0.05, 0.1) is 5.39 Å². The van der Waals surface area contributed by atoms with Crippen LogP contribution in [0.1, 0.15) is 6.42 Å². The summed E-state index contributed by atoms with van der Waals surface area (Å²) in [6.07, 6.45) is 2.93. The van der Waals surface area contributed by atoms with Crippen molar-refractivity contribution in [1.82, 2.24) is 9.97 Å². The summed E-state index contributed by atoms with van der Waals surface area (Å²) in [6.45, 7) is 2.20. The quantitative estimate of drug-likeness (QED) is 0.692. The number of thiophene rings is 1. The molecule has 0 radical (unpaired) electrons. The van der Waals surface area contributed by atoms with E-state index in [0.29, 0.717) is 0 Å². The van der Waals surface area contributed by atoms with Crippen LogP contribution in [0.2, 0.25) is 0 Å². The van der Waals surface area contributed by atoms with Crippen LogP contribution in [0.25, 0.3) is 21.3 Å². The van der Waals surface area contributed by atoms with Gasteiger partial charge in [0, 0.05) is 28.5 Å². The minimum absolute atomic E-state index is 1.07. The van der Waals surface area contributed by atoms with E-state index < -0.39 is 0 Å². The van der Waals surface area contributed by atoms with Crippen LogP contribution in [-0.2, 0) is 0 Å². The molecule has 3 aromatic rings. The highest BCUT2D eigenvalue weighted by Gasteiger charge is 2.21. The minimum Gasteiger partial charge on any atom is -0.356 e. The Kier molecular flexibility index (Phi) is 2.97. The molecular weight excluding hydrogens is 334 g/mol. The summed E-state index contributed by atoms with van der Waals surface area (Å²) in [6, 6.07) is 8.43. The summed E-state index contributed by atoms with van der Waals surface area (Å²) in [5.41, 5.74) is 2.45. The predicted octanol–water partition coefficient (Wildman–Crippen LogP) is 4.33. The van der Waals surface area contributed by atoms with Crippen molar-refractivity contribution in [1.29, 1.82) is 0 Å². The summed E-state index contributed by atoms with van der Waals surface area (Å²) in [4.78, 5) is 12.3. The first-order valence-electron chi connectivity index (χ1n) is 6.56. The van der Waals surface area contributed by atoms with Gasteiger partial charge < -0.3 is 4.90 Å². The van der Waals surface area contributed by atoms with Crippen molar-refractivity contribution >= 4 is 43.3 Å². The third kappa shape index (κ3) is 1.93. The zero-order valence-corrected chi connectivity index (χ0v) is 13.1. The highest BCUT2D eigenvalue weighted by Crippen LogP contribution is 2.39. The van der Waals surface area contributed by atoms with Crippen molar-refractivity contribution in [3.63, 3.8) is 0 Å². The minimum atomic E-state index is 1.07. The molecule has 5 heteroatoms. The Morgan fingerprint density at radius 1 is 1.10 bits per heavy atom. The molecule has 100 valence electrons. The number of anilines is 1. The maximum atomic E-state index is 4.52. The third-order valence-electron chi connectivity index (χ3n) is 3.66. The molecule has 1 saturated heterocycles. The number of hydrogen-bond acceptors (Lipinski definition) is 4. The van der Waals surface area contributed by atoms with Crippen LogP contribution in [0.3, 0.4) is 0 Å². The first-order chi connectivity index (χ1) is 9.83.